The third-order valence-electron chi connectivity index (χ3n) is 1.63. The Kier molecular flexibility index (Phi) is 3.44. The van der Waals surface area contributed by atoms with Crippen molar-refractivity contribution < 1.29 is 13.2 Å². The van der Waals surface area contributed by atoms with Crippen molar-refractivity contribution in [3.8, 4) is 0 Å². The van der Waals surface area contributed by atoms with Crippen LogP contribution in [0.25, 0.3) is 0 Å². The highest BCUT2D eigenvalue weighted by Crippen LogP contribution is 2.38. The van der Waals surface area contributed by atoms with Crippen LogP contribution in [-0.2, 0) is 12.7 Å². The average molecular weight is 288 g/mol. The molecule has 0 aliphatic rings. The second-order valence-electron chi connectivity index (χ2n) is 2.64. The lowest BCUT2D eigenvalue weighted by Gasteiger charge is -2.11. The van der Waals surface area contributed by atoms with E-state index in [1.165, 1.54) is 6.07 Å². The second kappa shape index (κ2) is 4.08. The van der Waals surface area contributed by atoms with Gasteiger partial charge in [-0.3, -0.25) is 0 Å². The van der Waals surface area contributed by atoms with E-state index in [0.29, 0.717) is 5.56 Å². The Hall–Kier alpha value is -0.260. The smallest absolute Gasteiger partial charge is 0.326 e. The minimum absolute atomic E-state index is 0.0405. The normalized spacial score (nSPS) is 11.9. The molecule has 1 aromatic carbocycles. The highest BCUT2D eigenvalue weighted by atomic mass is 79.9. The summed E-state index contributed by atoms with van der Waals surface area (Å²) >= 11 is 8.44. The summed E-state index contributed by atoms with van der Waals surface area (Å²) < 4.78 is 37.4. The van der Waals surface area contributed by atoms with Crippen LogP contribution >= 0.6 is 27.5 Å². The molecule has 0 radical (unpaired) electrons. The molecule has 0 bridgehead atoms. The van der Waals surface area contributed by atoms with Crippen molar-refractivity contribution in [3.63, 3.8) is 0 Å². The number of alkyl halides is 3. The third-order valence-corrected chi connectivity index (χ3v) is 2.89. The quantitative estimate of drug-likeness (QED) is 0.840. The summed E-state index contributed by atoms with van der Waals surface area (Å²) in [5.74, 6) is 0. The fourth-order valence-corrected chi connectivity index (χ4v) is 1.69. The Morgan fingerprint density at radius 2 is 1.93 bits per heavy atom. The molecule has 78 valence electrons. The number of benzene rings is 1. The molecule has 0 aromatic heterocycles. The van der Waals surface area contributed by atoms with Gasteiger partial charge in [0.1, 0.15) is 0 Å². The summed E-state index contributed by atoms with van der Waals surface area (Å²) in [4.78, 5) is 0. The van der Waals surface area contributed by atoms with Gasteiger partial charge in [0, 0.05) is 11.0 Å². The molecule has 0 saturated carbocycles. The van der Waals surface area contributed by atoms with Crippen molar-refractivity contribution in [3.05, 3.63) is 32.8 Å². The van der Waals surface area contributed by atoms with Crippen LogP contribution in [0.3, 0.4) is 0 Å². The molecule has 1 aromatic rings. The summed E-state index contributed by atoms with van der Waals surface area (Å²) in [6.45, 7) is 0.0405. The highest BCUT2D eigenvalue weighted by molar-refractivity contribution is 9.10. The maximum Gasteiger partial charge on any atom is 0.417 e. The van der Waals surface area contributed by atoms with Gasteiger partial charge in [-0.15, -0.1) is 0 Å². The van der Waals surface area contributed by atoms with Crippen LogP contribution in [-0.4, -0.2) is 0 Å². The molecule has 0 aliphatic heterocycles. The van der Waals surface area contributed by atoms with Crippen molar-refractivity contribution >= 4 is 27.5 Å². The Bertz CT molecular complexity index is 351. The molecule has 1 nitrogen and oxygen atoms in total. The van der Waals surface area contributed by atoms with Gasteiger partial charge in [-0.2, -0.15) is 13.2 Å². The maximum absolute atomic E-state index is 12.4. The molecule has 0 amide bonds. The van der Waals surface area contributed by atoms with Crippen LogP contribution in [0, 0.1) is 0 Å². The first kappa shape index (κ1) is 11.8. The van der Waals surface area contributed by atoms with Gasteiger partial charge < -0.3 is 5.73 Å². The minimum Gasteiger partial charge on any atom is -0.326 e. The fourth-order valence-electron chi connectivity index (χ4n) is 0.969. The van der Waals surface area contributed by atoms with E-state index in [9.17, 15) is 13.2 Å². The van der Waals surface area contributed by atoms with E-state index < -0.39 is 11.7 Å². The van der Waals surface area contributed by atoms with Crippen molar-refractivity contribution in [1.29, 1.82) is 0 Å². The van der Waals surface area contributed by atoms with E-state index in [1.54, 1.807) is 0 Å². The molecule has 6 heteroatoms. The van der Waals surface area contributed by atoms with Gasteiger partial charge in [-0.25, -0.2) is 0 Å². The SMILES string of the molecule is NCc1cc(Br)c(Cl)c(C(F)(F)F)c1. The largest absolute Gasteiger partial charge is 0.417 e. The van der Waals surface area contributed by atoms with Gasteiger partial charge in [0.2, 0.25) is 0 Å². The Morgan fingerprint density at radius 3 is 2.36 bits per heavy atom. The predicted octanol–water partition coefficient (Wildman–Crippen LogP) is 3.58. The highest BCUT2D eigenvalue weighted by Gasteiger charge is 2.34. The number of hydrogen-bond donors (Lipinski definition) is 1. The Labute approximate surface area is 92.2 Å². The number of rotatable bonds is 1. The molecular formula is C8H6BrClF3N. The van der Waals surface area contributed by atoms with Crippen LogP contribution in [0.1, 0.15) is 11.1 Å². The topological polar surface area (TPSA) is 26.0 Å². The standard InChI is InChI=1S/C8H6BrClF3N/c9-6-2-4(3-14)1-5(7(6)10)8(11,12)13/h1-2H,3,14H2. The van der Waals surface area contributed by atoms with Crippen LogP contribution in [0.2, 0.25) is 5.02 Å². The summed E-state index contributed by atoms with van der Waals surface area (Å²) in [6, 6.07) is 2.42. The summed E-state index contributed by atoms with van der Waals surface area (Å²) in [6.07, 6.45) is -4.45. The molecule has 1 rings (SSSR count). The summed E-state index contributed by atoms with van der Waals surface area (Å²) in [5.41, 5.74) is 4.77. The van der Waals surface area contributed by atoms with E-state index in [1.807, 2.05) is 0 Å². The van der Waals surface area contributed by atoms with Gasteiger partial charge in [0.25, 0.3) is 0 Å². The van der Waals surface area contributed by atoms with E-state index in [-0.39, 0.29) is 16.0 Å². The lowest BCUT2D eigenvalue weighted by molar-refractivity contribution is -0.137. The Balaban J connectivity index is 3.35. The average Bonchev–Trinajstić information content (AvgIpc) is 2.07. The second-order valence-corrected chi connectivity index (χ2v) is 3.87. The molecule has 0 atom stereocenters. The number of halogens is 5. The van der Waals surface area contributed by atoms with Gasteiger partial charge in [-0.1, -0.05) is 11.6 Å². The molecule has 0 saturated heterocycles. The molecular weight excluding hydrogens is 282 g/mol. The zero-order valence-corrected chi connectivity index (χ0v) is 9.17. The molecule has 0 fully saturated rings. The van der Waals surface area contributed by atoms with Crippen molar-refractivity contribution in [2.24, 2.45) is 5.73 Å². The van der Waals surface area contributed by atoms with E-state index >= 15 is 0 Å². The maximum atomic E-state index is 12.4. The molecule has 2 N–H and O–H groups in total. The molecule has 0 unspecified atom stereocenters. The molecule has 0 heterocycles. The van der Waals surface area contributed by atoms with Gasteiger partial charge >= 0.3 is 6.18 Å². The molecule has 0 aliphatic carbocycles. The lowest BCUT2D eigenvalue weighted by Crippen LogP contribution is -2.08. The van der Waals surface area contributed by atoms with Gasteiger partial charge in [0.05, 0.1) is 10.6 Å². The van der Waals surface area contributed by atoms with Gasteiger partial charge in [-0.05, 0) is 33.6 Å². The van der Waals surface area contributed by atoms with Crippen molar-refractivity contribution in [1.82, 2.24) is 0 Å². The van der Waals surface area contributed by atoms with Crippen LogP contribution in [0.15, 0.2) is 16.6 Å². The zero-order chi connectivity index (χ0) is 10.9. The first-order chi connectivity index (χ1) is 6.36. The first-order valence-electron chi connectivity index (χ1n) is 3.61. The monoisotopic (exact) mass is 287 g/mol. The lowest BCUT2D eigenvalue weighted by atomic mass is 10.1. The third kappa shape index (κ3) is 2.40. The van der Waals surface area contributed by atoms with Crippen molar-refractivity contribution in [2.45, 2.75) is 12.7 Å². The van der Waals surface area contributed by atoms with Gasteiger partial charge in [0.15, 0.2) is 0 Å². The first-order valence-corrected chi connectivity index (χ1v) is 4.78. The van der Waals surface area contributed by atoms with E-state index in [4.69, 9.17) is 17.3 Å². The number of hydrogen-bond acceptors (Lipinski definition) is 1. The summed E-state index contributed by atoms with van der Waals surface area (Å²) in [5, 5.41) is -0.338. The zero-order valence-electron chi connectivity index (χ0n) is 6.83. The predicted molar refractivity (Wildman–Crippen MR) is 52.0 cm³/mol. The van der Waals surface area contributed by atoms with Crippen LogP contribution in [0.4, 0.5) is 13.2 Å². The summed E-state index contributed by atoms with van der Waals surface area (Å²) in [7, 11) is 0. The minimum atomic E-state index is -4.45. The van der Waals surface area contributed by atoms with Crippen LogP contribution < -0.4 is 5.73 Å². The van der Waals surface area contributed by atoms with Crippen LogP contribution in [0.5, 0.6) is 0 Å². The van der Waals surface area contributed by atoms with E-state index in [2.05, 4.69) is 15.9 Å². The van der Waals surface area contributed by atoms with E-state index in [0.717, 1.165) is 6.07 Å². The number of nitrogens with two attached hydrogens (primary N) is 1. The van der Waals surface area contributed by atoms with Crippen molar-refractivity contribution in [2.75, 3.05) is 0 Å². The Morgan fingerprint density at radius 1 is 1.36 bits per heavy atom. The molecule has 14 heavy (non-hydrogen) atoms. The molecule has 0 spiro atoms. The fraction of sp³-hybridized carbons (Fsp3) is 0.250.